The van der Waals surface area contributed by atoms with E-state index >= 15 is 0 Å². The average Bonchev–Trinajstić information content (AvgIpc) is 2.89. The Morgan fingerprint density at radius 3 is 2.74 bits per heavy atom. The predicted octanol–water partition coefficient (Wildman–Crippen LogP) is 1.04. The second-order valence-corrected chi connectivity index (χ2v) is 5.58. The molecule has 2 fully saturated rings. The highest BCUT2D eigenvalue weighted by Gasteiger charge is 2.34. The standard InChI is InChI=1S/C14H26N2O3/c1-2-3-4-13(14(17)18)16-6-5-12(11-16)15-7-9-19-10-8-15/h12-13H,2-11H2,1H3,(H,17,18). The lowest BCUT2D eigenvalue weighted by Crippen LogP contribution is -2.46. The molecule has 2 heterocycles. The Hall–Kier alpha value is -0.650. The predicted molar refractivity (Wildman–Crippen MR) is 73.3 cm³/mol. The minimum atomic E-state index is -0.656. The van der Waals surface area contributed by atoms with Crippen LogP contribution in [0.25, 0.3) is 0 Å². The van der Waals surface area contributed by atoms with Crippen LogP contribution in [-0.2, 0) is 9.53 Å². The lowest BCUT2D eigenvalue weighted by atomic mass is 10.1. The minimum Gasteiger partial charge on any atom is -0.480 e. The molecular formula is C14H26N2O3. The fourth-order valence-corrected chi connectivity index (χ4v) is 3.15. The van der Waals surface area contributed by atoms with Crippen LogP contribution >= 0.6 is 0 Å². The number of carbonyl (C=O) groups is 1. The molecule has 2 saturated heterocycles. The fraction of sp³-hybridized carbons (Fsp3) is 0.929. The van der Waals surface area contributed by atoms with Gasteiger partial charge in [0, 0.05) is 32.2 Å². The van der Waals surface area contributed by atoms with Gasteiger partial charge in [-0.2, -0.15) is 0 Å². The first kappa shape index (κ1) is 14.8. The lowest BCUT2D eigenvalue weighted by molar-refractivity contribution is -0.143. The molecule has 1 N–H and O–H groups in total. The maximum atomic E-state index is 11.4. The Balaban J connectivity index is 1.86. The van der Waals surface area contributed by atoms with E-state index in [-0.39, 0.29) is 6.04 Å². The van der Waals surface area contributed by atoms with Crippen LogP contribution in [0.3, 0.4) is 0 Å². The molecule has 110 valence electrons. The first-order chi connectivity index (χ1) is 9.22. The third-order valence-electron chi connectivity index (χ3n) is 4.31. The normalized spacial score (nSPS) is 27.5. The molecule has 2 aliphatic rings. The number of hydrogen-bond acceptors (Lipinski definition) is 4. The van der Waals surface area contributed by atoms with Gasteiger partial charge in [0.2, 0.25) is 0 Å². The maximum Gasteiger partial charge on any atom is 0.320 e. The Morgan fingerprint density at radius 2 is 2.11 bits per heavy atom. The fourth-order valence-electron chi connectivity index (χ4n) is 3.15. The SMILES string of the molecule is CCCCC(C(=O)O)N1CCC(N2CCOCC2)C1. The van der Waals surface area contributed by atoms with Crippen molar-refractivity contribution in [1.82, 2.24) is 9.80 Å². The molecule has 5 heteroatoms. The van der Waals surface area contributed by atoms with Crippen molar-refractivity contribution >= 4 is 5.97 Å². The van der Waals surface area contributed by atoms with Crippen molar-refractivity contribution in [1.29, 1.82) is 0 Å². The van der Waals surface area contributed by atoms with E-state index in [2.05, 4.69) is 16.7 Å². The molecule has 0 aromatic rings. The summed E-state index contributed by atoms with van der Waals surface area (Å²) >= 11 is 0. The Labute approximate surface area is 115 Å². The van der Waals surface area contributed by atoms with Gasteiger partial charge in [-0.3, -0.25) is 14.6 Å². The van der Waals surface area contributed by atoms with Crippen molar-refractivity contribution in [2.45, 2.75) is 44.7 Å². The summed E-state index contributed by atoms with van der Waals surface area (Å²) in [7, 11) is 0. The Bertz CT molecular complexity index is 292. The van der Waals surface area contributed by atoms with E-state index < -0.39 is 5.97 Å². The molecule has 2 rings (SSSR count). The molecule has 2 unspecified atom stereocenters. The summed E-state index contributed by atoms with van der Waals surface area (Å²) in [6, 6.07) is 0.235. The van der Waals surface area contributed by atoms with Crippen LogP contribution in [0.5, 0.6) is 0 Å². The van der Waals surface area contributed by atoms with E-state index in [0.29, 0.717) is 6.04 Å². The largest absolute Gasteiger partial charge is 0.480 e. The van der Waals surface area contributed by atoms with E-state index in [0.717, 1.165) is 65.1 Å². The van der Waals surface area contributed by atoms with Crippen molar-refractivity contribution in [3.8, 4) is 0 Å². The summed E-state index contributed by atoms with van der Waals surface area (Å²) in [6.45, 7) is 7.54. The smallest absolute Gasteiger partial charge is 0.320 e. The molecule has 19 heavy (non-hydrogen) atoms. The van der Waals surface area contributed by atoms with Gasteiger partial charge in [0.1, 0.15) is 6.04 Å². The molecule has 0 amide bonds. The van der Waals surface area contributed by atoms with Crippen molar-refractivity contribution < 1.29 is 14.6 Å². The molecule has 2 atom stereocenters. The van der Waals surface area contributed by atoms with E-state index in [4.69, 9.17) is 4.74 Å². The number of carboxylic acid groups (broad SMARTS) is 1. The van der Waals surface area contributed by atoms with Gasteiger partial charge in [-0.1, -0.05) is 19.8 Å². The van der Waals surface area contributed by atoms with E-state index in [1.54, 1.807) is 0 Å². The van der Waals surface area contributed by atoms with E-state index in [9.17, 15) is 9.90 Å². The van der Waals surface area contributed by atoms with Crippen LogP contribution in [0.2, 0.25) is 0 Å². The molecule has 0 bridgehead atoms. The van der Waals surface area contributed by atoms with Crippen LogP contribution in [-0.4, -0.2) is 72.4 Å². The average molecular weight is 270 g/mol. The van der Waals surface area contributed by atoms with Crippen LogP contribution in [0.4, 0.5) is 0 Å². The highest BCUT2D eigenvalue weighted by atomic mass is 16.5. The van der Waals surface area contributed by atoms with Crippen molar-refractivity contribution in [3.05, 3.63) is 0 Å². The van der Waals surface area contributed by atoms with Crippen LogP contribution in [0, 0.1) is 0 Å². The third kappa shape index (κ3) is 3.91. The number of carboxylic acids is 1. The molecule has 5 nitrogen and oxygen atoms in total. The number of aliphatic carboxylic acids is 1. The zero-order chi connectivity index (χ0) is 13.7. The van der Waals surface area contributed by atoms with E-state index in [1.165, 1.54) is 0 Å². The quantitative estimate of drug-likeness (QED) is 0.781. The summed E-state index contributed by atoms with van der Waals surface area (Å²) in [4.78, 5) is 16.0. The van der Waals surface area contributed by atoms with Crippen LogP contribution in [0.15, 0.2) is 0 Å². The van der Waals surface area contributed by atoms with Gasteiger partial charge in [-0.15, -0.1) is 0 Å². The third-order valence-corrected chi connectivity index (χ3v) is 4.31. The number of morpholine rings is 1. The Morgan fingerprint density at radius 1 is 1.37 bits per heavy atom. The summed E-state index contributed by atoms with van der Waals surface area (Å²) in [5, 5.41) is 9.38. The van der Waals surface area contributed by atoms with Gasteiger partial charge in [0.25, 0.3) is 0 Å². The van der Waals surface area contributed by atoms with Crippen LogP contribution in [0.1, 0.15) is 32.6 Å². The minimum absolute atomic E-state index is 0.286. The topological polar surface area (TPSA) is 53.0 Å². The Kier molecular flexibility index (Phi) is 5.60. The molecule has 0 radical (unpaired) electrons. The molecule has 0 spiro atoms. The molecule has 0 saturated carbocycles. The summed E-state index contributed by atoms with van der Waals surface area (Å²) < 4.78 is 5.38. The number of ether oxygens (including phenoxy) is 1. The second-order valence-electron chi connectivity index (χ2n) is 5.58. The van der Waals surface area contributed by atoms with E-state index in [1.807, 2.05) is 0 Å². The number of rotatable bonds is 6. The van der Waals surface area contributed by atoms with Gasteiger partial charge >= 0.3 is 5.97 Å². The molecule has 0 aromatic heterocycles. The number of likely N-dealkylation sites (tertiary alicyclic amines) is 1. The molecule has 2 aliphatic heterocycles. The number of hydrogen-bond donors (Lipinski definition) is 1. The summed E-state index contributed by atoms with van der Waals surface area (Å²) in [5.41, 5.74) is 0. The second kappa shape index (κ2) is 7.22. The highest BCUT2D eigenvalue weighted by Crippen LogP contribution is 2.21. The van der Waals surface area contributed by atoms with Gasteiger partial charge in [0.15, 0.2) is 0 Å². The van der Waals surface area contributed by atoms with Gasteiger partial charge < -0.3 is 9.84 Å². The molecular weight excluding hydrogens is 244 g/mol. The zero-order valence-electron chi connectivity index (χ0n) is 11.9. The first-order valence-corrected chi connectivity index (χ1v) is 7.51. The van der Waals surface area contributed by atoms with Crippen molar-refractivity contribution in [2.75, 3.05) is 39.4 Å². The van der Waals surface area contributed by atoms with Crippen molar-refractivity contribution in [2.24, 2.45) is 0 Å². The van der Waals surface area contributed by atoms with Crippen LogP contribution < -0.4 is 0 Å². The van der Waals surface area contributed by atoms with Gasteiger partial charge in [0.05, 0.1) is 13.2 Å². The summed E-state index contributed by atoms with van der Waals surface area (Å²) in [5.74, 6) is -0.656. The monoisotopic (exact) mass is 270 g/mol. The van der Waals surface area contributed by atoms with Crippen molar-refractivity contribution in [3.63, 3.8) is 0 Å². The highest BCUT2D eigenvalue weighted by molar-refractivity contribution is 5.73. The maximum absolute atomic E-state index is 11.4. The molecule has 0 aromatic carbocycles. The van der Waals surface area contributed by atoms with Gasteiger partial charge in [-0.25, -0.2) is 0 Å². The van der Waals surface area contributed by atoms with Gasteiger partial charge in [-0.05, 0) is 12.8 Å². The lowest BCUT2D eigenvalue weighted by Gasteiger charge is -2.32. The number of unbranched alkanes of at least 4 members (excludes halogenated alkanes) is 1. The summed E-state index contributed by atoms with van der Waals surface area (Å²) in [6.07, 6.45) is 3.93. The number of nitrogens with zero attached hydrogens (tertiary/aromatic N) is 2. The zero-order valence-corrected chi connectivity index (χ0v) is 11.9. The first-order valence-electron chi connectivity index (χ1n) is 7.51. The molecule has 0 aliphatic carbocycles.